The molecule has 0 bridgehead atoms. The number of fused-ring (bicyclic) bond motifs is 2. The van der Waals surface area contributed by atoms with Gasteiger partial charge in [0.05, 0.1) is 22.7 Å². The van der Waals surface area contributed by atoms with Crippen molar-refractivity contribution in [1.82, 2.24) is 9.88 Å². The van der Waals surface area contributed by atoms with E-state index >= 15 is 0 Å². The van der Waals surface area contributed by atoms with Crippen LogP contribution >= 0.6 is 11.3 Å². The maximum atomic E-state index is 13.0. The van der Waals surface area contributed by atoms with Gasteiger partial charge in [0, 0.05) is 20.2 Å². The first-order valence-electron chi connectivity index (χ1n) is 8.73. The molecule has 6 heteroatoms. The minimum Gasteiger partial charge on any atom is -0.311 e. The molecule has 0 unspecified atom stereocenters. The minimum absolute atomic E-state index is 0.0737. The van der Waals surface area contributed by atoms with Crippen LogP contribution in [0.5, 0.6) is 0 Å². The van der Waals surface area contributed by atoms with Gasteiger partial charge in [-0.05, 0) is 29.3 Å². The number of carbonyl (C=O) groups is 2. The SMILES string of the molecule is CC(=O)N1C=Cc2ccccc2[C@H]1CC(=O)N(C)c1nc2ccccc2s1. The lowest BCUT2D eigenvalue weighted by Gasteiger charge is -2.33. The van der Waals surface area contributed by atoms with Crippen molar-refractivity contribution in [2.45, 2.75) is 19.4 Å². The molecule has 2 amide bonds. The maximum Gasteiger partial charge on any atom is 0.230 e. The van der Waals surface area contributed by atoms with Gasteiger partial charge < -0.3 is 4.90 Å². The zero-order chi connectivity index (χ0) is 19.0. The lowest BCUT2D eigenvalue weighted by atomic mass is 9.93. The molecule has 1 aliphatic rings. The fourth-order valence-electron chi connectivity index (χ4n) is 3.33. The summed E-state index contributed by atoms with van der Waals surface area (Å²) in [5.74, 6) is -0.156. The molecule has 1 aliphatic heterocycles. The van der Waals surface area contributed by atoms with Crippen molar-refractivity contribution in [3.63, 3.8) is 0 Å². The average molecular weight is 377 g/mol. The Bertz CT molecular complexity index is 1020. The molecule has 0 radical (unpaired) electrons. The number of hydrogen-bond acceptors (Lipinski definition) is 4. The Labute approximate surface area is 161 Å². The van der Waals surface area contributed by atoms with E-state index in [4.69, 9.17) is 0 Å². The molecule has 0 spiro atoms. The van der Waals surface area contributed by atoms with Crippen LogP contribution in [0.15, 0.2) is 54.7 Å². The summed E-state index contributed by atoms with van der Waals surface area (Å²) < 4.78 is 1.04. The number of rotatable bonds is 3. The molecule has 4 rings (SSSR count). The molecule has 0 saturated heterocycles. The molecule has 0 fully saturated rings. The van der Waals surface area contributed by atoms with Crippen LogP contribution < -0.4 is 4.90 Å². The molecular formula is C21H19N3O2S. The van der Waals surface area contributed by atoms with Crippen LogP contribution in [0.3, 0.4) is 0 Å². The Morgan fingerprint density at radius 2 is 1.89 bits per heavy atom. The highest BCUT2D eigenvalue weighted by atomic mass is 32.1. The second kappa shape index (κ2) is 6.96. The fourth-order valence-corrected chi connectivity index (χ4v) is 4.27. The van der Waals surface area contributed by atoms with E-state index in [1.807, 2.05) is 54.6 Å². The van der Waals surface area contributed by atoms with E-state index in [0.717, 1.165) is 21.3 Å². The van der Waals surface area contributed by atoms with Crippen molar-refractivity contribution in [2.75, 3.05) is 11.9 Å². The normalized spacial score (nSPS) is 15.6. The molecule has 5 nitrogen and oxygen atoms in total. The zero-order valence-corrected chi connectivity index (χ0v) is 15.9. The maximum absolute atomic E-state index is 13.0. The Kier molecular flexibility index (Phi) is 4.49. The van der Waals surface area contributed by atoms with Crippen molar-refractivity contribution in [1.29, 1.82) is 0 Å². The molecule has 0 N–H and O–H groups in total. The van der Waals surface area contributed by atoms with E-state index < -0.39 is 0 Å². The van der Waals surface area contributed by atoms with Crippen LogP contribution in [0.4, 0.5) is 5.13 Å². The van der Waals surface area contributed by atoms with Crippen molar-refractivity contribution in [2.24, 2.45) is 0 Å². The van der Waals surface area contributed by atoms with E-state index in [-0.39, 0.29) is 24.3 Å². The van der Waals surface area contributed by atoms with Crippen LogP contribution in [0.1, 0.15) is 30.5 Å². The highest BCUT2D eigenvalue weighted by Crippen LogP contribution is 2.34. The van der Waals surface area contributed by atoms with Gasteiger partial charge in [-0.25, -0.2) is 4.98 Å². The summed E-state index contributed by atoms with van der Waals surface area (Å²) >= 11 is 1.49. The van der Waals surface area contributed by atoms with Gasteiger partial charge in [0.2, 0.25) is 11.8 Å². The highest BCUT2D eigenvalue weighted by Gasteiger charge is 2.30. The van der Waals surface area contributed by atoms with Crippen LogP contribution in [0.2, 0.25) is 0 Å². The molecule has 0 aliphatic carbocycles. The second-order valence-corrected chi connectivity index (χ2v) is 7.52. The third-order valence-corrected chi connectivity index (χ3v) is 5.89. The summed E-state index contributed by atoms with van der Waals surface area (Å²) in [5, 5.41) is 0.662. The number of benzene rings is 2. The molecule has 1 aromatic heterocycles. The molecule has 0 saturated carbocycles. The summed E-state index contributed by atoms with van der Waals surface area (Å²) in [6, 6.07) is 15.4. The van der Waals surface area contributed by atoms with Gasteiger partial charge in [0.1, 0.15) is 0 Å². The lowest BCUT2D eigenvalue weighted by Crippen LogP contribution is -2.36. The van der Waals surface area contributed by atoms with Crippen LogP contribution in [0.25, 0.3) is 16.3 Å². The number of amides is 2. The second-order valence-electron chi connectivity index (χ2n) is 6.51. The first-order valence-corrected chi connectivity index (χ1v) is 9.54. The predicted molar refractivity (Wildman–Crippen MR) is 108 cm³/mol. The Balaban J connectivity index is 1.61. The average Bonchev–Trinajstić information content (AvgIpc) is 3.11. The molecule has 2 aromatic carbocycles. The molecule has 136 valence electrons. The van der Waals surface area contributed by atoms with Gasteiger partial charge in [-0.2, -0.15) is 0 Å². The van der Waals surface area contributed by atoms with E-state index in [9.17, 15) is 9.59 Å². The van der Waals surface area contributed by atoms with Crippen molar-refractivity contribution < 1.29 is 9.59 Å². The van der Waals surface area contributed by atoms with E-state index in [0.29, 0.717) is 5.13 Å². The third-order valence-electron chi connectivity index (χ3n) is 4.78. The molecule has 1 atom stereocenters. The summed E-state index contributed by atoms with van der Waals surface area (Å²) in [5.41, 5.74) is 2.91. The number of hydrogen-bond donors (Lipinski definition) is 0. The van der Waals surface area contributed by atoms with E-state index in [1.165, 1.54) is 18.3 Å². The largest absolute Gasteiger partial charge is 0.311 e. The van der Waals surface area contributed by atoms with Gasteiger partial charge in [-0.1, -0.05) is 47.7 Å². The first kappa shape index (κ1) is 17.4. The van der Waals surface area contributed by atoms with Crippen LogP contribution in [-0.2, 0) is 9.59 Å². The summed E-state index contributed by atoms with van der Waals surface area (Å²) in [6.07, 6.45) is 3.88. The number of aromatic nitrogens is 1. The topological polar surface area (TPSA) is 53.5 Å². The Hall–Kier alpha value is -2.99. The molecular weight excluding hydrogens is 358 g/mol. The van der Waals surface area contributed by atoms with E-state index in [2.05, 4.69) is 4.98 Å². The van der Waals surface area contributed by atoms with Gasteiger partial charge in [0.25, 0.3) is 0 Å². The van der Waals surface area contributed by atoms with Crippen LogP contribution in [-0.4, -0.2) is 28.7 Å². The highest BCUT2D eigenvalue weighted by molar-refractivity contribution is 7.22. The summed E-state index contributed by atoms with van der Waals surface area (Å²) in [7, 11) is 1.74. The lowest BCUT2D eigenvalue weighted by molar-refractivity contribution is -0.129. The Morgan fingerprint density at radius 1 is 1.15 bits per heavy atom. The molecule has 2 heterocycles. The third kappa shape index (κ3) is 3.24. The van der Waals surface area contributed by atoms with Crippen molar-refractivity contribution >= 4 is 44.6 Å². The quantitative estimate of drug-likeness (QED) is 0.687. The van der Waals surface area contributed by atoms with Gasteiger partial charge >= 0.3 is 0 Å². The van der Waals surface area contributed by atoms with Crippen molar-refractivity contribution in [3.8, 4) is 0 Å². The molecule has 27 heavy (non-hydrogen) atoms. The number of carbonyl (C=O) groups excluding carboxylic acids is 2. The number of anilines is 1. The molecule has 3 aromatic rings. The number of thiazole rings is 1. The fraction of sp³-hybridized carbons (Fsp3) is 0.190. The van der Waals surface area contributed by atoms with Crippen LogP contribution in [0, 0.1) is 0 Å². The zero-order valence-electron chi connectivity index (χ0n) is 15.1. The summed E-state index contributed by atoms with van der Waals surface area (Å²) in [6.45, 7) is 1.52. The number of para-hydroxylation sites is 1. The first-order chi connectivity index (χ1) is 13.0. The van der Waals surface area contributed by atoms with Gasteiger partial charge in [0.15, 0.2) is 5.13 Å². The van der Waals surface area contributed by atoms with Gasteiger partial charge in [-0.15, -0.1) is 0 Å². The van der Waals surface area contributed by atoms with Crippen molar-refractivity contribution in [3.05, 3.63) is 65.9 Å². The van der Waals surface area contributed by atoms with Gasteiger partial charge in [-0.3, -0.25) is 14.5 Å². The summed E-state index contributed by atoms with van der Waals surface area (Å²) in [4.78, 5) is 32.9. The smallest absolute Gasteiger partial charge is 0.230 e. The monoisotopic (exact) mass is 377 g/mol. The standard InChI is InChI=1S/C21H19N3O2S/c1-14(25)24-12-11-15-7-3-4-8-16(15)18(24)13-20(26)23(2)21-22-17-9-5-6-10-19(17)27-21/h3-12,18H,13H2,1-2H3/t18-/m1/s1. The number of nitrogens with zero attached hydrogens (tertiary/aromatic N) is 3. The Morgan fingerprint density at radius 3 is 2.67 bits per heavy atom. The van der Waals surface area contributed by atoms with E-state index in [1.54, 1.807) is 23.0 Å². The minimum atomic E-state index is -0.312. The predicted octanol–water partition coefficient (Wildman–Crippen LogP) is 4.22.